The van der Waals surface area contributed by atoms with Gasteiger partial charge in [-0.15, -0.1) is 0 Å². The third kappa shape index (κ3) is 2.52. The molecule has 2 rings (SSSR count). The first-order chi connectivity index (χ1) is 8.43. The van der Waals surface area contributed by atoms with Gasteiger partial charge in [-0.2, -0.15) is 13.2 Å². The van der Waals surface area contributed by atoms with Crippen LogP contribution in [0, 0.1) is 3.57 Å². The van der Waals surface area contributed by atoms with E-state index in [1.807, 2.05) is 19.1 Å². The van der Waals surface area contributed by atoms with Gasteiger partial charge >= 0.3 is 6.18 Å². The average Bonchev–Trinajstić information content (AvgIpc) is 2.71. The van der Waals surface area contributed by atoms with E-state index >= 15 is 0 Å². The highest BCUT2D eigenvalue weighted by Crippen LogP contribution is 2.37. The highest BCUT2D eigenvalue weighted by Gasteiger charge is 2.38. The van der Waals surface area contributed by atoms with Crippen LogP contribution in [0.3, 0.4) is 0 Å². The van der Waals surface area contributed by atoms with E-state index in [9.17, 15) is 13.2 Å². The molecule has 2 aromatic rings. The molecule has 0 saturated carbocycles. The summed E-state index contributed by atoms with van der Waals surface area (Å²) in [6.45, 7) is 2.01. The second kappa shape index (κ2) is 4.91. The summed E-state index contributed by atoms with van der Waals surface area (Å²) in [6, 6.07) is 7.20. The topological polar surface area (TPSA) is 26.0 Å². The van der Waals surface area contributed by atoms with Gasteiger partial charge in [0.2, 0.25) is 5.69 Å². The summed E-state index contributed by atoms with van der Waals surface area (Å²) < 4.78 is 42.5. The smallest absolute Gasteiger partial charge is 0.355 e. The van der Waals surface area contributed by atoms with Gasteiger partial charge in [-0.1, -0.05) is 36.3 Å². The zero-order valence-electron chi connectivity index (χ0n) is 9.38. The molecule has 1 aromatic heterocycles. The molecule has 0 unspecified atom stereocenters. The van der Waals surface area contributed by atoms with Crippen molar-refractivity contribution in [1.82, 2.24) is 5.16 Å². The van der Waals surface area contributed by atoms with Gasteiger partial charge in [0.1, 0.15) is 0 Å². The van der Waals surface area contributed by atoms with Crippen molar-refractivity contribution in [3.05, 3.63) is 39.1 Å². The van der Waals surface area contributed by atoms with Gasteiger partial charge in [0, 0.05) is 5.56 Å². The standard InChI is InChI=1S/C12H9F3INO/c1-2-7-3-5-8(6-4-7)10-9(16)11(17-18-10)12(13,14)15/h3-6H,2H2,1H3. The Labute approximate surface area is 115 Å². The lowest BCUT2D eigenvalue weighted by atomic mass is 10.1. The minimum absolute atomic E-state index is 0.00986. The molecular weight excluding hydrogens is 358 g/mol. The molecule has 0 bridgehead atoms. The molecule has 0 spiro atoms. The second-order valence-electron chi connectivity index (χ2n) is 3.72. The minimum Gasteiger partial charge on any atom is -0.355 e. The Bertz CT molecular complexity index is 545. The number of hydrogen-bond donors (Lipinski definition) is 0. The van der Waals surface area contributed by atoms with Crippen LogP contribution in [0.2, 0.25) is 0 Å². The lowest BCUT2D eigenvalue weighted by Gasteiger charge is -2.02. The van der Waals surface area contributed by atoms with Gasteiger partial charge < -0.3 is 4.52 Å². The molecule has 0 fully saturated rings. The van der Waals surface area contributed by atoms with E-state index in [2.05, 4.69) is 5.16 Å². The Hall–Kier alpha value is -1.05. The number of rotatable bonds is 2. The van der Waals surface area contributed by atoms with Crippen LogP contribution in [0.4, 0.5) is 13.2 Å². The molecule has 0 amide bonds. The monoisotopic (exact) mass is 367 g/mol. The summed E-state index contributed by atoms with van der Waals surface area (Å²) >= 11 is 1.61. The van der Waals surface area contributed by atoms with E-state index in [1.165, 1.54) is 0 Å². The van der Waals surface area contributed by atoms with Gasteiger partial charge in [0.15, 0.2) is 5.76 Å². The Morgan fingerprint density at radius 2 is 1.83 bits per heavy atom. The van der Waals surface area contributed by atoms with Crippen molar-refractivity contribution < 1.29 is 17.7 Å². The van der Waals surface area contributed by atoms with E-state index < -0.39 is 11.9 Å². The fourth-order valence-electron chi connectivity index (χ4n) is 1.53. The predicted octanol–water partition coefficient (Wildman–Crippen LogP) is 4.53. The summed E-state index contributed by atoms with van der Waals surface area (Å²) in [5, 5.41) is 3.10. The van der Waals surface area contributed by atoms with E-state index in [0.717, 1.165) is 12.0 Å². The average molecular weight is 367 g/mol. The molecule has 18 heavy (non-hydrogen) atoms. The quantitative estimate of drug-likeness (QED) is 0.730. The zero-order chi connectivity index (χ0) is 13.3. The van der Waals surface area contributed by atoms with Crippen molar-refractivity contribution in [2.24, 2.45) is 0 Å². The third-order valence-corrected chi connectivity index (χ3v) is 3.53. The van der Waals surface area contributed by atoms with Crippen molar-refractivity contribution >= 4 is 22.6 Å². The number of benzene rings is 1. The van der Waals surface area contributed by atoms with Crippen LogP contribution in [-0.2, 0) is 12.6 Å². The molecule has 0 aliphatic heterocycles. The number of hydrogen-bond acceptors (Lipinski definition) is 2. The van der Waals surface area contributed by atoms with Crippen LogP contribution in [0.15, 0.2) is 28.8 Å². The Balaban J connectivity index is 2.42. The molecule has 0 saturated heterocycles. The largest absolute Gasteiger partial charge is 0.437 e. The number of aromatic nitrogens is 1. The molecule has 0 atom stereocenters. The van der Waals surface area contributed by atoms with Crippen molar-refractivity contribution in [3.63, 3.8) is 0 Å². The maximum Gasteiger partial charge on any atom is 0.437 e. The normalized spacial score (nSPS) is 11.8. The van der Waals surface area contributed by atoms with Crippen LogP contribution in [0.1, 0.15) is 18.2 Å². The Morgan fingerprint density at radius 1 is 1.22 bits per heavy atom. The van der Waals surface area contributed by atoms with Crippen molar-refractivity contribution in [2.45, 2.75) is 19.5 Å². The van der Waals surface area contributed by atoms with E-state index in [0.29, 0.717) is 5.56 Å². The van der Waals surface area contributed by atoms with Crippen molar-refractivity contribution in [1.29, 1.82) is 0 Å². The highest BCUT2D eigenvalue weighted by molar-refractivity contribution is 14.1. The summed E-state index contributed by atoms with van der Waals surface area (Å²) in [5.41, 5.74) is 0.738. The van der Waals surface area contributed by atoms with E-state index in [1.54, 1.807) is 34.7 Å². The molecule has 1 heterocycles. The molecule has 96 valence electrons. The molecular formula is C12H9F3INO. The Morgan fingerprint density at radius 3 is 2.28 bits per heavy atom. The molecule has 6 heteroatoms. The van der Waals surface area contributed by atoms with Crippen molar-refractivity contribution in [2.75, 3.05) is 0 Å². The number of nitrogens with zero attached hydrogens (tertiary/aromatic N) is 1. The highest BCUT2D eigenvalue weighted by atomic mass is 127. The number of aryl methyl sites for hydroxylation is 1. The van der Waals surface area contributed by atoms with Crippen molar-refractivity contribution in [3.8, 4) is 11.3 Å². The van der Waals surface area contributed by atoms with Gasteiger partial charge in [0.05, 0.1) is 3.57 Å². The van der Waals surface area contributed by atoms with Crippen LogP contribution >= 0.6 is 22.6 Å². The molecule has 0 radical (unpaired) electrons. The summed E-state index contributed by atoms with van der Waals surface area (Å²) in [5.74, 6) is 0.158. The predicted molar refractivity (Wildman–Crippen MR) is 69.0 cm³/mol. The van der Waals surface area contributed by atoms with Gasteiger partial charge in [0.25, 0.3) is 0 Å². The maximum absolute atomic E-state index is 12.6. The molecule has 0 aliphatic rings. The van der Waals surface area contributed by atoms with Crippen LogP contribution in [0.5, 0.6) is 0 Å². The number of alkyl halides is 3. The first-order valence-corrected chi connectivity index (χ1v) is 6.33. The summed E-state index contributed by atoms with van der Waals surface area (Å²) in [6.07, 6.45) is -3.61. The number of halogens is 4. The minimum atomic E-state index is -4.48. The first kappa shape index (κ1) is 13.4. The molecule has 2 nitrogen and oxygen atoms in total. The Kier molecular flexibility index (Phi) is 3.65. The fourth-order valence-corrected chi connectivity index (χ4v) is 2.34. The molecule has 0 N–H and O–H groups in total. The SMILES string of the molecule is CCc1ccc(-c2onc(C(F)(F)F)c2I)cc1. The first-order valence-electron chi connectivity index (χ1n) is 5.25. The lowest BCUT2D eigenvalue weighted by molar-refractivity contribution is -0.143. The van der Waals surface area contributed by atoms with E-state index in [4.69, 9.17) is 4.52 Å². The van der Waals surface area contributed by atoms with E-state index in [-0.39, 0.29) is 9.33 Å². The lowest BCUT2D eigenvalue weighted by Crippen LogP contribution is -2.07. The van der Waals surface area contributed by atoms with Gasteiger partial charge in [-0.25, -0.2) is 0 Å². The van der Waals surface area contributed by atoms with Crippen LogP contribution in [0.25, 0.3) is 11.3 Å². The maximum atomic E-state index is 12.6. The summed E-state index contributed by atoms with van der Waals surface area (Å²) in [4.78, 5) is 0. The molecule has 0 aliphatic carbocycles. The molecule has 1 aromatic carbocycles. The van der Waals surface area contributed by atoms with Crippen LogP contribution < -0.4 is 0 Å². The summed E-state index contributed by atoms with van der Waals surface area (Å²) in [7, 11) is 0. The van der Waals surface area contributed by atoms with Crippen LogP contribution in [-0.4, -0.2) is 5.16 Å². The zero-order valence-corrected chi connectivity index (χ0v) is 11.5. The van der Waals surface area contributed by atoms with Gasteiger partial charge in [-0.05, 0) is 34.6 Å². The second-order valence-corrected chi connectivity index (χ2v) is 4.80. The van der Waals surface area contributed by atoms with Gasteiger partial charge in [-0.3, -0.25) is 0 Å². The fraction of sp³-hybridized carbons (Fsp3) is 0.250. The third-order valence-electron chi connectivity index (χ3n) is 2.53.